The molecule has 6 heteroatoms. The molecule has 0 amide bonds. The molecule has 0 radical (unpaired) electrons. The molecule has 0 aliphatic carbocycles. The van der Waals surface area contributed by atoms with Gasteiger partial charge in [-0.15, -0.1) is 35.7 Å². The van der Waals surface area contributed by atoms with Crippen LogP contribution in [0.3, 0.4) is 0 Å². The van der Waals surface area contributed by atoms with Crippen molar-refractivity contribution in [3.63, 3.8) is 0 Å². The summed E-state index contributed by atoms with van der Waals surface area (Å²) in [4.78, 5) is 4.73. The second kappa shape index (κ2) is 15.4. The minimum Gasteiger partial charge on any atom is -0.509 e. The van der Waals surface area contributed by atoms with E-state index in [9.17, 15) is 0 Å². The second-order valence-corrected chi connectivity index (χ2v) is 14.4. The van der Waals surface area contributed by atoms with Gasteiger partial charge < -0.3 is 9.30 Å². The van der Waals surface area contributed by atoms with Crippen molar-refractivity contribution in [2.24, 2.45) is 11.8 Å². The van der Waals surface area contributed by atoms with Crippen molar-refractivity contribution < 1.29 is 25.2 Å². The minimum atomic E-state index is 0. The molecule has 0 atom stereocenters. The first kappa shape index (κ1) is 36.3. The number of para-hydroxylation sites is 1. The van der Waals surface area contributed by atoms with Crippen molar-refractivity contribution in [2.45, 2.75) is 74.1 Å². The standard InChI is InChI=1S/C45H46N4O.Pd/c1-29(2)18-22-39-45(44-32(6)12-10-13-33(44)7)41(23-19-30(3)4)49(47-39)34-14-11-15-35(27-34)50-36-20-21-38-37-16-8-9-17-40(37)48(42(38)28-36)43-26-31(5)24-25-46-43;/h8-17,20-21,24-26,29-30H,18-19,22-23H2,1-7H3;/q-2;+2. The van der Waals surface area contributed by atoms with Gasteiger partial charge in [-0.2, -0.15) is 17.2 Å². The number of aromatic nitrogens is 4. The van der Waals surface area contributed by atoms with E-state index in [-0.39, 0.29) is 20.4 Å². The third kappa shape index (κ3) is 7.45. The fourth-order valence-electron chi connectivity index (χ4n) is 7.01. The fraction of sp³-hybridized carbons (Fsp3) is 0.289. The van der Waals surface area contributed by atoms with Crippen molar-refractivity contribution in [3.8, 4) is 34.1 Å². The summed E-state index contributed by atoms with van der Waals surface area (Å²) in [6, 6.07) is 36.5. The van der Waals surface area contributed by atoms with Crippen LogP contribution >= 0.6 is 0 Å². The smallest absolute Gasteiger partial charge is 0.509 e. The van der Waals surface area contributed by atoms with Gasteiger partial charge in [-0.1, -0.05) is 69.6 Å². The number of hydrogen-bond donors (Lipinski definition) is 0. The van der Waals surface area contributed by atoms with E-state index >= 15 is 0 Å². The molecule has 4 aromatic carbocycles. The Morgan fingerprint density at radius 3 is 2.16 bits per heavy atom. The largest absolute Gasteiger partial charge is 2.00 e. The first-order valence-electron chi connectivity index (χ1n) is 17.9. The fourth-order valence-corrected chi connectivity index (χ4v) is 7.01. The average molecular weight is 765 g/mol. The van der Waals surface area contributed by atoms with Crippen LogP contribution in [0.4, 0.5) is 0 Å². The van der Waals surface area contributed by atoms with Gasteiger partial charge in [0.15, 0.2) is 0 Å². The van der Waals surface area contributed by atoms with E-state index in [1.54, 1.807) is 0 Å². The third-order valence-electron chi connectivity index (χ3n) is 9.59. The van der Waals surface area contributed by atoms with Crippen molar-refractivity contribution >= 4 is 21.8 Å². The van der Waals surface area contributed by atoms with E-state index in [1.807, 2.05) is 30.5 Å². The van der Waals surface area contributed by atoms with Crippen molar-refractivity contribution in [1.29, 1.82) is 0 Å². The molecular formula is C45H46N4OPd. The average Bonchev–Trinajstić information content (AvgIpc) is 3.61. The predicted molar refractivity (Wildman–Crippen MR) is 206 cm³/mol. The van der Waals surface area contributed by atoms with Gasteiger partial charge in [-0.3, -0.25) is 4.68 Å². The van der Waals surface area contributed by atoms with Gasteiger partial charge in [0.25, 0.3) is 0 Å². The summed E-state index contributed by atoms with van der Waals surface area (Å²) >= 11 is 0. The van der Waals surface area contributed by atoms with E-state index in [0.717, 1.165) is 70.3 Å². The van der Waals surface area contributed by atoms with E-state index in [2.05, 4.69) is 131 Å². The first-order chi connectivity index (χ1) is 24.2. The Balaban J connectivity index is 0.00000448. The number of pyridine rings is 1. The number of aryl methyl sites for hydroxylation is 4. The van der Waals surface area contributed by atoms with Gasteiger partial charge >= 0.3 is 20.4 Å². The molecule has 0 bridgehead atoms. The van der Waals surface area contributed by atoms with Gasteiger partial charge in [-0.05, 0) is 110 Å². The minimum absolute atomic E-state index is 0. The molecule has 3 aromatic heterocycles. The molecule has 0 saturated heterocycles. The van der Waals surface area contributed by atoms with Crippen LogP contribution in [0.2, 0.25) is 0 Å². The third-order valence-corrected chi connectivity index (χ3v) is 9.59. The quantitative estimate of drug-likeness (QED) is 0.0973. The normalized spacial score (nSPS) is 11.5. The molecule has 3 heterocycles. The number of hydrogen-bond acceptors (Lipinski definition) is 3. The van der Waals surface area contributed by atoms with Crippen LogP contribution in [0.25, 0.3) is 44.4 Å². The van der Waals surface area contributed by atoms with Crippen LogP contribution in [0.15, 0.2) is 91.1 Å². The molecule has 0 saturated carbocycles. The monoisotopic (exact) mass is 764 g/mol. The molecule has 5 nitrogen and oxygen atoms in total. The van der Waals surface area contributed by atoms with Crippen LogP contribution in [0.5, 0.6) is 11.5 Å². The zero-order valence-corrected chi connectivity index (χ0v) is 32.2. The van der Waals surface area contributed by atoms with Crippen LogP contribution in [-0.2, 0) is 33.3 Å². The predicted octanol–water partition coefficient (Wildman–Crippen LogP) is 11.5. The van der Waals surface area contributed by atoms with E-state index in [0.29, 0.717) is 23.3 Å². The Kier molecular flexibility index (Phi) is 11.0. The summed E-state index contributed by atoms with van der Waals surface area (Å²) in [6.07, 6.45) is 5.87. The maximum absolute atomic E-state index is 6.55. The van der Waals surface area contributed by atoms with Crippen molar-refractivity contribution in [2.75, 3.05) is 0 Å². The summed E-state index contributed by atoms with van der Waals surface area (Å²) in [5, 5.41) is 7.63. The molecule has 7 rings (SSSR count). The number of nitrogens with zero attached hydrogens (tertiary/aromatic N) is 4. The summed E-state index contributed by atoms with van der Waals surface area (Å²) in [5.74, 6) is 3.26. The zero-order chi connectivity index (χ0) is 34.9. The van der Waals surface area contributed by atoms with Crippen LogP contribution < -0.4 is 4.74 Å². The van der Waals surface area contributed by atoms with E-state index in [4.69, 9.17) is 14.8 Å². The molecular weight excluding hydrogens is 719 g/mol. The summed E-state index contributed by atoms with van der Waals surface area (Å²) < 4.78 is 10.9. The first-order valence-corrected chi connectivity index (χ1v) is 17.9. The molecule has 0 spiro atoms. The maximum Gasteiger partial charge on any atom is 2.00 e. The molecule has 0 N–H and O–H groups in total. The van der Waals surface area contributed by atoms with Crippen molar-refractivity contribution in [3.05, 3.63) is 131 Å². The zero-order valence-electron chi connectivity index (χ0n) is 30.7. The topological polar surface area (TPSA) is 44.9 Å². The molecule has 0 unspecified atom stereocenters. The second-order valence-electron chi connectivity index (χ2n) is 14.4. The SMILES string of the molecule is Cc1ccnc(-n2c3[c-]c(Oc4[c-]c(-n5nc(CCC(C)C)c(-c6c(C)cccc6C)c5CCC(C)C)ccc4)ccc3c3ccccc32)c1.[Pd+2]. The number of benzene rings is 4. The van der Waals surface area contributed by atoms with E-state index in [1.165, 1.54) is 27.9 Å². The molecule has 0 aliphatic heterocycles. The van der Waals surface area contributed by atoms with Crippen molar-refractivity contribution in [1.82, 2.24) is 19.3 Å². The van der Waals surface area contributed by atoms with Gasteiger partial charge in [0.05, 0.1) is 5.69 Å². The van der Waals surface area contributed by atoms with Crippen LogP contribution in [-0.4, -0.2) is 19.3 Å². The Morgan fingerprint density at radius 1 is 0.706 bits per heavy atom. The number of rotatable bonds is 11. The van der Waals surface area contributed by atoms with Crippen LogP contribution in [0, 0.1) is 44.7 Å². The molecule has 51 heavy (non-hydrogen) atoms. The van der Waals surface area contributed by atoms with Gasteiger partial charge in [0, 0.05) is 34.5 Å². The maximum atomic E-state index is 6.55. The van der Waals surface area contributed by atoms with Crippen LogP contribution in [0.1, 0.15) is 68.6 Å². The Bertz CT molecular complexity index is 2290. The number of fused-ring (bicyclic) bond motifs is 3. The molecule has 0 aliphatic rings. The Hall–Kier alpha value is -4.50. The van der Waals surface area contributed by atoms with E-state index < -0.39 is 0 Å². The molecule has 262 valence electrons. The Morgan fingerprint density at radius 2 is 1.41 bits per heavy atom. The molecule has 7 aromatic rings. The summed E-state index contributed by atoms with van der Waals surface area (Å²) in [7, 11) is 0. The van der Waals surface area contributed by atoms with Gasteiger partial charge in [-0.25, -0.2) is 4.98 Å². The summed E-state index contributed by atoms with van der Waals surface area (Å²) in [6.45, 7) is 15.7. The number of ether oxygens (including phenoxy) is 1. The summed E-state index contributed by atoms with van der Waals surface area (Å²) in [5.41, 5.74) is 11.6. The van der Waals surface area contributed by atoms with Gasteiger partial charge in [0.1, 0.15) is 5.82 Å². The molecule has 0 fully saturated rings. The Labute approximate surface area is 316 Å². The van der Waals surface area contributed by atoms with Gasteiger partial charge in [0.2, 0.25) is 0 Å².